The van der Waals surface area contributed by atoms with Gasteiger partial charge in [-0.1, -0.05) is 24.3 Å². The van der Waals surface area contributed by atoms with Gasteiger partial charge in [-0.05, 0) is 36.4 Å². The highest BCUT2D eigenvalue weighted by Gasteiger charge is 2.35. The number of alkyl halides is 6. The second-order valence-corrected chi connectivity index (χ2v) is 5.98. The number of amides is 1. The highest BCUT2D eigenvalue weighted by atomic mass is 19.4. The Labute approximate surface area is 161 Å². The first-order chi connectivity index (χ1) is 13.6. The van der Waals surface area contributed by atoms with Crippen LogP contribution in [0.15, 0.2) is 66.9 Å². The number of benzene rings is 2. The average Bonchev–Trinajstić information content (AvgIpc) is 2.67. The molecule has 0 saturated heterocycles. The van der Waals surface area contributed by atoms with Crippen molar-refractivity contribution in [3.63, 3.8) is 0 Å². The Morgan fingerprint density at radius 1 is 0.828 bits per heavy atom. The summed E-state index contributed by atoms with van der Waals surface area (Å²) in [5.41, 5.74) is -2.62. The fourth-order valence-electron chi connectivity index (χ4n) is 2.70. The number of halogens is 6. The van der Waals surface area contributed by atoms with E-state index < -0.39 is 35.0 Å². The van der Waals surface area contributed by atoms with Gasteiger partial charge in [-0.15, -0.1) is 0 Å². The van der Waals surface area contributed by atoms with Gasteiger partial charge in [-0.2, -0.15) is 26.3 Å². The fraction of sp³-hybridized carbons (Fsp3) is 0.100. The smallest absolute Gasteiger partial charge is 0.320 e. The predicted molar refractivity (Wildman–Crippen MR) is 94.1 cm³/mol. The molecule has 2 aromatic carbocycles. The number of rotatable bonds is 3. The zero-order chi connectivity index (χ0) is 21.2. The minimum Gasteiger partial charge on any atom is -0.320 e. The summed E-state index contributed by atoms with van der Waals surface area (Å²) in [4.78, 5) is 16.5. The summed E-state index contributed by atoms with van der Waals surface area (Å²) >= 11 is 0. The Hall–Kier alpha value is -3.36. The molecule has 1 amide bonds. The van der Waals surface area contributed by atoms with Gasteiger partial charge in [0.25, 0.3) is 5.91 Å². The maximum Gasteiger partial charge on any atom is 0.417 e. The van der Waals surface area contributed by atoms with E-state index in [1.54, 1.807) is 0 Å². The molecule has 0 fully saturated rings. The lowest BCUT2D eigenvalue weighted by Gasteiger charge is -2.15. The van der Waals surface area contributed by atoms with E-state index in [0.717, 1.165) is 30.3 Å². The number of nitrogens with one attached hydrogen (secondary N) is 1. The molecule has 9 heteroatoms. The predicted octanol–water partition coefficient (Wildman–Crippen LogP) is 6.04. The van der Waals surface area contributed by atoms with Crippen molar-refractivity contribution in [3.8, 4) is 11.3 Å². The second-order valence-electron chi connectivity index (χ2n) is 5.98. The number of pyridine rings is 1. The number of nitrogens with zero attached hydrogens (tertiary/aromatic N) is 1. The molecule has 3 nitrogen and oxygen atoms in total. The molecule has 1 N–H and O–H groups in total. The summed E-state index contributed by atoms with van der Waals surface area (Å²) in [5, 5.41) is 2.31. The lowest BCUT2D eigenvalue weighted by molar-refractivity contribution is -0.138. The normalized spacial score (nSPS) is 11.9. The monoisotopic (exact) mass is 410 g/mol. The van der Waals surface area contributed by atoms with E-state index in [9.17, 15) is 31.1 Å². The van der Waals surface area contributed by atoms with E-state index in [1.807, 2.05) is 0 Å². The van der Waals surface area contributed by atoms with Crippen molar-refractivity contribution in [2.24, 2.45) is 0 Å². The average molecular weight is 410 g/mol. The third-order valence-corrected chi connectivity index (χ3v) is 4.00. The Bertz CT molecular complexity index is 1040. The minimum atomic E-state index is -4.74. The molecule has 0 aliphatic heterocycles. The van der Waals surface area contributed by atoms with Gasteiger partial charge < -0.3 is 5.32 Å². The summed E-state index contributed by atoms with van der Waals surface area (Å²) in [6.45, 7) is 0. The summed E-state index contributed by atoms with van der Waals surface area (Å²) in [6.07, 6.45) is -8.03. The molecule has 0 spiro atoms. The summed E-state index contributed by atoms with van der Waals surface area (Å²) in [6, 6.07) is 11.2. The van der Waals surface area contributed by atoms with Crippen LogP contribution >= 0.6 is 0 Å². The van der Waals surface area contributed by atoms with Gasteiger partial charge in [0.1, 0.15) is 0 Å². The van der Waals surface area contributed by atoms with Crippen molar-refractivity contribution in [3.05, 3.63) is 83.6 Å². The molecule has 3 aromatic rings. The molecular weight excluding hydrogens is 398 g/mol. The first-order valence-corrected chi connectivity index (χ1v) is 8.17. The third kappa shape index (κ3) is 4.56. The van der Waals surface area contributed by atoms with Crippen LogP contribution in [0.2, 0.25) is 0 Å². The van der Waals surface area contributed by atoms with Crippen molar-refractivity contribution in [1.29, 1.82) is 0 Å². The number of carbonyl (C=O) groups is 1. The van der Waals surface area contributed by atoms with Gasteiger partial charge in [0.05, 0.1) is 28.1 Å². The number of hydrogen-bond donors (Lipinski definition) is 1. The van der Waals surface area contributed by atoms with Crippen LogP contribution in [0.1, 0.15) is 21.5 Å². The van der Waals surface area contributed by atoms with Gasteiger partial charge in [0.15, 0.2) is 0 Å². The van der Waals surface area contributed by atoms with Crippen LogP contribution in [0.25, 0.3) is 11.3 Å². The first-order valence-electron chi connectivity index (χ1n) is 8.17. The molecule has 0 saturated carbocycles. The van der Waals surface area contributed by atoms with E-state index in [2.05, 4.69) is 10.3 Å². The quantitative estimate of drug-likeness (QED) is 0.535. The molecule has 29 heavy (non-hydrogen) atoms. The van der Waals surface area contributed by atoms with Gasteiger partial charge in [0.2, 0.25) is 0 Å². The minimum absolute atomic E-state index is 0.00330. The van der Waals surface area contributed by atoms with E-state index in [0.29, 0.717) is 0 Å². The van der Waals surface area contributed by atoms with Crippen molar-refractivity contribution in [2.45, 2.75) is 12.4 Å². The van der Waals surface area contributed by atoms with E-state index in [-0.39, 0.29) is 16.9 Å². The van der Waals surface area contributed by atoms with Crippen LogP contribution < -0.4 is 5.32 Å². The number of aromatic nitrogens is 1. The van der Waals surface area contributed by atoms with Crippen LogP contribution in [-0.4, -0.2) is 10.9 Å². The van der Waals surface area contributed by atoms with Crippen LogP contribution in [0.3, 0.4) is 0 Å². The van der Waals surface area contributed by atoms with Gasteiger partial charge in [-0.3, -0.25) is 9.78 Å². The molecule has 0 bridgehead atoms. The standard InChI is InChI=1S/C20H12F6N2O/c21-19(22,23)13-6-3-5-12(11-13)17-16(9-4-10-27-17)28-18(29)14-7-1-2-8-15(14)20(24,25)26/h1-11H,(H,28,29). The molecule has 3 rings (SSSR count). The molecule has 0 aliphatic carbocycles. The Morgan fingerprint density at radius 3 is 2.24 bits per heavy atom. The fourth-order valence-corrected chi connectivity index (χ4v) is 2.70. The summed E-state index contributed by atoms with van der Waals surface area (Å²) in [7, 11) is 0. The van der Waals surface area contributed by atoms with Crippen molar-refractivity contribution < 1.29 is 31.1 Å². The summed E-state index contributed by atoms with van der Waals surface area (Å²) < 4.78 is 78.4. The molecule has 150 valence electrons. The lowest BCUT2D eigenvalue weighted by atomic mass is 10.0. The number of anilines is 1. The zero-order valence-electron chi connectivity index (χ0n) is 14.5. The molecule has 0 radical (unpaired) electrons. The van der Waals surface area contributed by atoms with Crippen molar-refractivity contribution in [1.82, 2.24) is 4.98 Å². The lowest BCUT2D eigenvalue weighted by Crippen LogP contribution is -2.19. The van der Waals surface area contributed by atoms with Crippen LogP contribution in [0.4, 0.5) is 32.0 Å². The topological polar surface area (TPSA) is 42.0 Å². The molecule has 1 aromatic heterocycles. The molecule has 1 heterocycles. The van der Waals surface area contributed by atoms with Gasteiger partial charge in [0, 0.05) is 11.8 Å². The molecule has 0 aliphatic rings. The van der Waals surface area contributed by atoms with Crippen molar-refractivity contribution in [2.75, 3.05) is 5.32 Å². The SMILES string of the molecule is O=C(Nc1cccnc1-c1cccc(C(F)(F)F)c1)c1ccccc1C(F)(F)F. The van der Waals surface area contributed by atoms with E-state index in [1.165, 1.54) is 36.5 Å². The third-order valence-electron chi connectivity index (χ3n) is 4.00. The zero-order valence-corrected chi connectivity index (χ0v) is 14.5. The molecule has 0 unspecified atom stereocenters. The van der Waals surface area contributed by atoms with Gasteiger partial charge in [-0.25, -0.2) is 0 Å². The van der Waals surface area contributed by atoms with Crippen LogP contribution in [-0.2, 0) is 12.4 Å². The molecular formula is C20H12F6N2O. The Kier molecular flexibility index (Phi) is 5.32. The van der Waals surface area contributed by atoms with E-state index in [4.69, 9.17) is 0 Å². The largest absolute Gasteiger partial charge is 0.417 e. The Morgan fingerprint density at radius 2 is 1.55 bits per heavy atom. The highest BCUT2D eigenvalue weighted by Crippen LogP contribution is 2.35. The highest BCUT2D eigenvalue weighted by molar-refractivity contribution is 6.07. The maximum atomic E-state index is 13.1. The molecule has 0 atom stereocenters. The number of carbonyl (C=O) groups excluding carboxylic acids is 1. The first kappa shape index (κ1) is 20.4. The number of hydrogen-bond acceptors (Lipinski definition) is 2. The summed E-state index contributed by atoms with van der Waals surface area (Å²) in [5.74, 6) is -1.06. The van der Waals surface area contributed by atoms with Gasteiger partial charge >= 0.3 is 12.4 Å². The Balaban J connectivity index is 1.99. The second kappa shape index (κ2) is 7.57. The van der Waals surface area contributed by atoms with Crippen molar-refractivity contribution >= 4 is 11.6 Å². The maximum absolute atomic E-state index is 13.1. The van der Waals surface area contributed by atoms with Crippen LogP contribution in [0, 0.1) is 0 Å². The van der Waals surface area contributed by atoms with E-state index >= 15 is 0 Å². The van der Waals surface area contributed by atoms with Crippen LogP contribution in [0.5, 0.6) is 0 Å².